The zero-order valence-electron chi connectivity index (χ0n) is 11.8. The van der Waals surface area contributed by atoms with Gasteiger partial charge in [0.05, 0.1) is 19.9 Å². The van der Waals surface area contributed by atoms with Crippen molar-refractivity contribution in [2.45, 2.75) is 0 Å². The van der Waals surface area contributed by atoms with Gasteiger partial charge in [0, 0.05) is 10.9 Å². The molecule has 0 aliphatic rings. The van der Waals surface area contributed by atoms with Gasteiger partial charge in [-0.05, 0) is 48.5 Å². The SMILES string of the molecule is COc1ccc(OC)c2nc(-c3ccc(F)cc3)ccc12. The molecule has 0 radical (unpaired) electrons. The van der Waals surface area contributed by atoms with E-state index in [2.05, 4.69) is 4.98 Å². The summed E-state index contributed by atoms with van der Waals surface area (Å²) in [5, 5.41) is 0.878. The fraction of sp³-hybridized carbons (Fsp3) is 0.118. The van der Waals surface area contributed by atoms with Crippen molar-refractivity contribution in [3.8, 4) is 22.8 Å². The Balaban J connectivity index is 2.21. The van der Waals surface area contributed by atoms with Crippen molar-refractivity contribution in [1.82, 2.24) is 4.98 Å². The molecule has 106 valence electrons. The maximum atomic E-state index is 13.0. The number of pyridine rings is 1. The molecule has 0 unspecified atom stereocenters. The van der Waals surface area contributed by atoms with Gasteiger partial charge in [-0.25, -0.2) is 9.37 Å². The van der Waals surface area contributed by atoms with E-state index in [0.717, 1.165) is 27.9 Å². The van der Waals surface area contributed by atoms with Crippen LogP contribution >= 0.6 is 0 Å². The lowest BCUT2D eigenvalue weighted by atomic mass is 10.1. The Morgan fingerprint density at radius 2 is 1.48 bits per heavy atom. The van der Waals surface area contributed by atoms with Crippen LogP contribution in [0, 0.1) is 5.82 Å². The number of ether oxygens (including phenoxy) is 2. The number of aromatic nitrogens is 1. The van der Waals surface area contributed by atoms with Gasteiger partial charge in [-0.15, -0.1) is 0 Å². The highest BCUT2D eigenvalue weighted by molar-refractivity contribution is 5.91. The first-order chi connectivity index (χ1) is 10.2. The summed E-state index contributed by atoms with van der Waals surface area (Å²) in [4.78, 5) is 4.63. The standard InChI is InChI=1S/C17H14FNO2/c1-20-15-9-10-16(21-2)17-13(15)7-8-14(19-17)11-3-5-12(18)6-4-11/h3-10H,1-2H3. The Morgan fingerprint density at radius 1 is 0.810 bits per heavy atom. The third-order valence-corrected chi connectivity index (χ3v) is 3.36. The van der Waals surface area contributed by atoms with Crippen LogP contribution in [0.25, 0.3) is 22.2 Å². The highest BCUT2D eigenvalue weighted by Crippen LogP contribution is 2.33. The van der Waals surface area contributed by atoms with Crippen LogP contribution < -0.4 is 9.47 Å². The third-order valence-electron chi connectivity index (χ3n) is 3.36. The van der Waals surface area contributed by atoms with Crippen LogP contribution in [-0.2, 0) is 0 Å². The van der Waals surface area contributed by atoms with Crippen LogP contribution in [0.5, 0.6) is 11.5 Å². The Bertz CT molecular complexity index is 785. The van der Waals surface area contributed by atoms with Crippen LogP contribution in [0.2, 0.25) is 0 Å². The summed E-state index contributed by atoms with van der Waals surface area (Å²) < 4.78 is 23.7. The van der Waals surface area contributed by atoms with Crippen molar-refractivity contribution in [2.24, 2.45) is 0 Å². The lowest BCUT2D eigenvalue weighted by Crippen LogP contribution is -1.93. The summed E-state index contributed by atoms with van der Waals surface area (Å²) in [6.45, 7) is 0. The highest BCUT2D eigenvalue weighted by Gasteiger charge is 2.10. The zero-order valence-corrected chi connectivity index (χ0v) is 11.8. The molecule has 0 aliphatic carbocycles. The minimum absolute atomic E-state index is 0.265. The first-order valence-electron chi connectivity index (χ1n) is 6.50. The van der Waals surface area contributed by atoms with Crippen molar-refractivity contribution in [1.29, 1.82) is 0 Å². The van der Waals surface area contributed by atoms with Crippen molar-refractivity contribution in [3.05, 3.63) is 54.3 Å². The third kappa shape index (κ3) is 2.40. The molecule has 3 rings (SSSR count). The number of hydrogen-bond donors (Lipinski definition) is 0. The Kier molecular flexibility index (Phi) is 3.44. The molecule has 0 fully saturated rings. The van der Waals surface area contributed by atoms with Crippen molar-refractivity contribution < 1.29 is 13.9 Å². The van der Waals surface area contributed by atoms with Gasteiger partial charge in [-0.2, -0.15) is 0 Å². The number of nitrogens with zero attached hydrogens (tertiary/aromatic N) is 1. The Morgan fingerprint density at radius 3 is 2.14 bits per heavy atom. The number of benzene rings is 2. The molecule has 0 amide bonds. The van der Waals surface area contributed by atoms with Crippen LogP contribution in [0.3, 0.4) is 0 Å². The minimum atomic E-state index is -0.265. The lowest BCUT2D eigenvalue weighted by Gasteiger charge is -2.10. The summed E-state index contributed by atoms with van der Waals surface area (Å²) >= 11 is 0. The molecule has 0 saturated heterocycles. The maximum Gasteiger partial charge on any atom is 0.145 e. The van der Waals surface area contributed by atoms with E-state index in [1.807, 2.05) is 24.3 Å². The number of halogens is 1. The topological polar surface area (TPSA) is 31.4 Å². The summed E-state index contributed by atoms with van der Waals surface area (Å²) in [5.74, 6) is 1.15. The molecular formula is C17H14FNO2. The van der Waals surface area contributed by atoms with E-state index in [1.54, 1.807) is 26.4 Å². The molecule has 2 aromatic carbocycles. The van der Waals surface area contributed by atoms with Gasteiger partial charge in [-0.3, -0.25) is 0 Å². The van der Waals surface area contributed by atoms with Gasteiger partial charge in [0.25, 0.3) is 0 Å². The van der Waals surface area contributed by atoms with E-state index in [0.29, 0.717) is 5.75 Å². The van der Waals surface area contributed by atoms with Crippen LogP contribution in [0.4, 0.5) is 4.39 Å². The van der Waals surface area contributed by atoms with E-state index in [9.17, 15) is 4.39 Å². The molecule has 0 saturated carbocycles. The van der Waals surface area contributed by atoms with Gasteiger partial charge < -0.3 is 9.47 Å². The summed E-state index contributed by atoms with van der Waals surface area (Å²) in [7, 11) is 3.22. The Labute approximate surface area is 122 Å². The first kappa shape index (κ1) is 13.4. The van der Waals surface area contributed by atoms with Crippen molar-refractivity contribution in [2.75, 3.05) is 14.2 Å². The summed E-state index contributed by atoms with van der Waals surface area (Å²) in [6, 6.07) is 13.7. The number of fused-ring (bicyclic) bond motifs is 1. The highest BCUT2D eigenvalue weighted by atomic mass is 19.1. The molecular weight excluding hydrogens is 269 g/mol. The molecule has 21 heavy (non-hydrogen) atoms. The molecule has 3 aromatic rings. The van der Waals surface area contributed by atoms with Crippen molar-refractivity contribution in [3.63, 3.8) is 0 Å². The molecule has 0 bridgehead atoms. The minimum Gasteiger partial charge on any atom is -0.496 e. The number of hydrogen-bond acceptors (Lipinski definition) is 3. The normalized spacial score (nSPS) is 10.6. The van der Waals surface area contributed by atoms with Gasteiger partial charge in [0.2, 0.25) is 0 Å². The molecule has 0 aliphatic heterocycles. The van der Waals surface area contributed by atoms with Gasteiger partial charge in [0.15, 0.2) is 0 Å². The molecule has 4 heteroatoms. The summed E-state index contributed by atoms with van der Waals surface area (Å²) in [5.41, 5.74) is 2.33. The lowest BCUT2D eigenvalue weighted by molar-refractivity contribution is 0.410. The van der Waals surface area contributed by atoms with E-state index >= 15 is 0 Å². The van der Waals surface area contributed by atoms with E-state index in [1.165, 1.54) is 12.1 Å². The average Bonchev–Trinajstić information content (AvgIpc) is 2.54. The predicted octanol–water partition coefficient (Wildman–Crippen LogP) is 4.06. The zero-order chi connectivity index (χ0) is 14.8. The second-order valence-corrected chi connectivity index (χ2v) is 4.57. The monoisotopic (exact) mass is 283 g/mol. The molecule has 3 nitrogen and oxygen atoms in total. The fourth-order valence-corrected chi connectivity index (χ4v) is 2.29. The average molecular weight is 283 g/mol. The van der Waals surface area contributed by atoms with E-state index in [4.69, 9.17) is 9.47 Å². The molecule has 1 aromatic heterocycles. The Hall–Kier alpha value is -2.62. The summed E-state index contributed by atoms with van der Waals surface area (Å²) in [6.07, 6.45) is 0. The molecule has 0 N–H and O–H groups in total. The largest absolute Gasteiger partial charge is 0.496 e. The smallest absolute Gasteiger partial charge is 0.145 e. The van der Waals surface area contributed by atoms with Gasteiger partial charge >= 0.3 is 0 Å². The van der Waals surface area contributed by atoms with Gasteiger partial charge in [-0.1, -0.05) is 0 Å². The fourth-order valence-electron chi connectivity index (χ4n) is 2.29. The second-order valence-electron chi connectivity index (χ2n) is 4.57. The van der Waals surface area contributed by atoms with Crippen LogP contribution in [0.1, 0.15) is 0 Å². The second kappa shape index (κ2) is 5.40. The number of rotatable bonds is 3. The van der Waals surface area contributed by atoms with E-state index in [-0.39, 0.29) is 5.82 Å². The molecule has 0 spiro atoms. The quantitative estimate of drug-likeness (QED) is 0.726. The number of methoxy groups -OCH3 is 2. The molecule has 0 atom stereocenters. The van der Waals surface area contributed by atoms with E-state index < -0.39 is 0 Å². The van der Waals surface area contributed by atoms with Crippen molar-refractivity contribution >= 4 is 10.9 Å². The first-order valence-corrected chi connectivity index (χ1v) is 6.50. The van der Waals surface area contributed by atoms with Crippen LogP contribution in [-0.4, -0.2) is 19.2 Å². The van der Waals surface area contributed by atoms with Crippen LogP contribution in [0.15, 0.2) is 48.5 Å². The molecule has 1 heterocycles. The van der Waals surface area contributed by atoms with Gasteiger partial charge in [0.1, 0.15) is 22.8 Å². The predicted molar refractivity (Wildman–Crippen MR) is 80.2 cm³/mol. The maximum absolute atomic E-state index is 13.0.